The summed E-state index contributed by atoms with van der Waals surface area (Å²) in [6, 6.07) is 9.92. The number of rotatable bonds is 7. The Labute approximate surface area is 125 Å². The third-order valence-corrected chi connectivity index (χ3v) is 3.35. The number of hydrogen-bond acceptors (Lipinski definition) is 3. The molecule has 0 aliphatic heterocycles. The van der Waals surface area contributed by atoms with Gasteiger partial charge in [0.1, 0.15) is 0 Å². The maximum Gasteiger partial charge on any atom is 0.220 e. The molecular weight excluding hydrogens is 264 g/mol. The summed E-state index contributed by atoms with van der Waals surface area (Å²) < 4.78 is 1.81. The summed E-state index contributed by atoms with van der Waals surface area (Å²) >= 11 is 0. The normalized spacial score (nSPS) is 12.1. The predicted molar refractivity (Wildman–Crippen MR) is 83.3 cm³/mol. The van der Waals surface area contributed by atoms with Gasteiger partial charge in [-0.05, 0) is 50.7 Å². The predicted octanol–water partition coefficient (Wildman–Crippen LogP) is 2.05. The van der Waals surface area contributed by atoms with Gasteiger partial charge in [0.2, 0.25) is 5.91 Å². The van der Waals surface area contributed by atoms with Crippen LogP contribution in [0.5, 0.6) is 0 Å². The molecule has 0 aliphatic carbocycles. The lowest BCUT2D eigenvalue weighted by Gasteiger charge is -2.15. The highest BCUT2D eigenvalue weighted by molar-refractivity contribution is 5.76. The van der Waals surface area contributed by atoms with Crippen LogP contribution in [0, 0.1) is 0 Å². The van der Waals surface area contributed by atoms with Crippen molar-refractivity contribution in [1.82, 2.24) is 20.4 Å². The first kappa shape index (κ1) is 15.3. The first-order chi connectivity index (χ1) is 10.2. The molecular formula is C16H22N4O. The van der Waals surface area contributed by atoms with Crippen molar-refractivity contribution in [3.05, 3.63) is 48.3 Å². The summed E-state index contributed by atoms with van der Waals surface area (Å²) in [5.41, 5.74) is 2.07. The molecule has 1 unspecified atom stereocenters. The molecule has 1 aromatic heterocycles. The molecule has 2 aromatic rings. The molecule has 0 saturated carbocycles. The second kappa shape index (κ2) is 7.59. The zero-order valence-corrected chi connectivity index (χ0v) is 12.5. The summed E-state index contributed by atoms with van der Waals surface area (Å²) in [6.07, 6.45) is 5.05. The van der Waals surface area contributed by atoms with Crippen molar-refractivity contribution >= 4 is 5.91 Å². The number of amides is 1. The molecule has 0 fully saturated rings. The molecule has 1 aromatic carbocycles. The Bertz CT molecular complexity index is 565. The summed E-state index contributed by atoms with van der Waals surface area (Å²) in [5.74, 6) is 0.0854. The van der Waals surface area contributed by atoms with E-state index in [1.54, 1.807) is 6.20 Å². The number of carbonyl (C=O) groups excluding carboxylic acids is 1. The number of nitrogens with zero attached hydrogens (tertiary/aromatic N) is 2. The second-order valence-corrected chi connectivity index (χ2v) is 5.04. The van der Waals surface area contributed by atoms with E-state index in [-0.39, 0.29) is 11.9 Å². The van der Waals surface area contributed by atoms with E-state index in [1.807, 2.05) is 55.2 Å². The zero-order chi connectivity index (χ0) is 15.1. The third kappa shape index (κ3) is 4.43. The monoisotopic (exact) mass is 286 g/mol. The van der Waals surface area contributed by atoms with Gasteiger partial charge in [0.15, 0.2) is 0 Å². The molecule has 2 N–H and O–H groups in total. The Morgan fingerprint density at radius 3 is 2.95 bits per heavy atom. The second-order valence-electron chi connectivity index (χ2n) is 5.04. The quantitative estimate of drug-likeness (QED) is 0.766. The lowest BCUT2D eigenvalue weighted by atomic mass is 10.1. The minimum Gasteiger partial charge on any atom is -0.350 e. The van der Waals surface area contributed by atoms with Gasteiger partial charge in [0.05, 0.1) is 11.7 Å². The topological polar surface area (TPSA) is 59.0 Å². The SMILES string of the molecule is CNCCCC(=O)NC(C)c1cccc(-n2cccn2)c1. The maximum atomic E-state index is 11.9. The van der Waals surface area contributed by atoms with Crippen molar-refractivity contribution in [2.75, 3.05) is 13.6 Å². The van der Waals surface area contributed by atoms with Crippen LogP contribution in [0.2, 0.25) is 0 Å². The van der Waals surface area contributed by atoms with Crippen LogP contribution >= 0.6 is 0 Å². The van der Waals surface area contributed by atoms with Gasteiger partial charge in [-0.15, -0.1) is 0 Å². The highest BCUT2D eigenvalue weighted by atomic mass is 16.1. The van der Waals surface area contributed by atoms with Gasteiger partial charge in [-0.1, -0.05) is 12.1 Å². The minimum absolute atomic E-state index is 0.0115. The average Bonchev–Trinajstić information content (AvgIpc) is 3.02. The lowest BCUT2D eigenvalue weighted by molar-refractivity contribution is -0.121. The third-order valence-electron chi connectivity index (χ3n) is 3.35. The Hall–Kier alpha value is -2.14. The summed E-state index contributed by atoms with van der Waals surface area (Å²) in [7, 11) is 1.89. The molecule has 5 heteroatoms. The molecule has 0 radical (unpaired) electrons. The van der Waals surface area contributed by atoms with Crippen LogP contribution in [0.25, 0.3) is 5.69 Å². The molecule has 0 saturated heterocycles. The fraction of sp³-hybridized carbons (Fsp3) is 0.375. The van der Waals surface area contributed by atoms with Crippen LogP contribution < -0.4 is 10.6 Å². The van der Waals surface area contributed by atoms with E-state index in [0.29, 0.717) is 6.42 Å². The maximum absolute atomic E-state index is 11.9. The molecule has 0 bridgehead atoms. The van der Waals surface area contributed by atoms with Crippen LogP contribution in [0.4, 0.5) is 0 Å². The largest absolute Gasteiger partial charge is 0.350 e. The van der Waals surface area contributed by atoms with Crippen molar-refractivity contribution < 1.29 is 4.79 Å². The van der Waals surface area contributed by atoms with Crippen molar-refractivity contribution in [2.45, 2.75) is 25.8 Å². The molecule has 112 valence electrons. The number of carbonyl (C=O) groups is 1. The first-order valence-corrected chi connectivity index (χ1v) is 7.24. The molecule has 0 aliphatic rings. The van der Waals surface area contributed by atoms with Gasteiger partial charge in [0.25, 0.3) is 0 Å². The smallest absolute Gasteiger partial charge is 0.220 e. The first-order valence-electron chi connectivity index (χ1n) is 7.24. The number of nitrogens with one attached hydrogen (secondary N) is 2. The lowest BCUT2D eigenvalue weighted by Crippen LogP contribution is -2.27. The van der Waals surface area contributed by atoms with Gasteiger partial charge in [-0.3, -0.25) is 4.79 Å². The fourth-order valence-corrected chi connectivity index (χ4v) is 2.18. The molecule has 1 amide bonds. The van der Waals surface area contributed by atoms with E-state index in [0.717, 1.165) is 24.2 Å². The van der Waals surface area contributed by atoms with Gasteiger partial charge in [0, 0.05) is 18.8 Å². The highest BCUT2D eigenvalue weighted by Crippen LogP contribution is 2.16. The van der Waals surface area contributed by atoms with Crippen molar-refractivity contribution in [1.29, 1.82) is 0 Å². The molecule has 2 rings (SSSR count). The summed E-state index contributed by atoms with van der Waals surface area (Å²) in [4.78, 5) is 11.9. The zero-order valence-electron chi connectivity index (χ0n) is 12.5. The van der Waals surface area contributed by atoms with E-state index in [1.165, 1.54) is 0 Å². The Balaban J connectivity index is 1.98. The molecule has 5 nitrogen and oxygen atoms in total. The van der Waals surface area contributed by atoms with Gasteiger partial charge in [-0.2, -0.15) is 5.10 Å². The fourth-order valence-electron chi connectivity index (χ4n) is 2.18. The van der Waals surface area contributed by atoms with Crippen LogP contribution in [0.1, 0.15) is 31.4 Å². The highest BCUT2D eigenvalue weighted by Gasteiger charge is 2.10. The van der Waals surface area contributed by atoms with Crippen LogP contribution in [0.15, 0.2) is 42.7 Å². The van der Waals surface area contributed by atoms with Crippen molar-refractivity contribution in [3.8, 4) is 5.69 Å². The molecule has 0 spiro atoms. The number of benzene rings is 1. The van der Waals surface area contributed by atoms with E-state index >= 15 is 0 Å². The van der Waals surface area contributed by atoms with Crippen LogP contribution in [0.3, 0.4) is 0 Å². The summed E-state index contributed by atoms with van der Waals surface area (Å²) in [6.45, 7) is 2.86. The van der Waals surface area contributed by atoms with Crippen molar-refractivity contribution in [3.63, 3.8) is 0 Å². The summed E-state index contributed by atoms with van der Waals surface area (Å²) in [5, 5.41) is 10.3. The standard InChI is InChI=1S/C16H22N4O/c1-13(19-16(21)8-4-9-17-2)14-6-3-7-15(12-14)20-11-5-10-18-20/h3,5-7,10-13,17H,4,8-9H2,1-2H3,(H,19,21). The molecule has 1 heterocycles. The van der Waals surface area contributed by atoms with E-state index in [9.17, 15) is 4.79 Å². The van der Waals surface area contributed by atoms with Gasteiger partial charge < -0.3 is 10.6 Å². The number of aromatic nitrogens is 2. The van der Waals surface area contributed by atoms with Gasteiger partial charge >= 0.3 is 0 Å². The van der Waals surface area contributed by atoms with Crippen LogP contribution in [-0.2, 0) is 4.79 Å². The van der Waals surface area contributed by atoms with E-state index in [2.05, 4.69) is 15.7 Å². The number of hydrogen-bond donors (Lipinski definition) is 2. The van der Waals surface area contributed by atoms with E-state index < -0.39 is 0 Å². The van der Waals surface area contributed by atoms with E-state index in [4.69, 9.17) is 0 Å². The Morgan fingerprint density at radius 2 is 2.24 bits per heavy atom. The minimum atomic E-state index is -0.0115. The van der Waals surface area contributed by atoms with Crippen molar-refractivity contribution in [2.24, 2.45) is 0 Å². The molecule has 21 heavy (non-hydrogen) atoms. The van der Waals surface area contributed by atoms with Gasteiger partial charge in [-0.25, -0.2) is 4.68 Å². The average molecular weight is 286 g/mol. The molecule has 1 atom stereocenters. The Kier molecular flexibility index (Phi) is 5.51. The Morgan fingerprint density at radius 1 is 1.38 bits per heavy atom. The van der Waals surface area contributed by atoms with Crippen LogP contribution in [-0.4, -0.2) is 29.3 Å².